The summed E-state index contributed by atoms with van der Waals surface area (Å²) in [4.78, 5) is 4.35. The van der Waals surface area contributed by atoms with Crippen LogP contribution in [0.1, 0.15) is 11.1 Å². The highest BCUT2D eigenvalue weighted by molar-refractivity contribution is 5.94. The first-order chi connectivity index (χ1) is 11.7. The molecule has 0 aliphatic rings. The number of phenols is 1. The zero-order chi connectivity index (χ0) is 16.7. The summed E-state index contributed by atoms with van der Waals surface area (Å²) >= 11 is 0. The van der Waals surface area contributed by atoms with Gasteiger partial charge in [-0.2, -0.15) is 10.5 Å². The Labute approximate surface area is 136 Å². The van der Waals surface area contributed by atoms with E-state index < -0.39 is 0 Å². The molecule has 5 heteroatoms. The van der Waals surface area contributed by atoms with Crippen LogP contribution in [0.5, 0.6) is 5.75 Å². The minimum absolute atomic E-state index is 0.0840. The Morgan fingerprint density at radius 3 is 2.50 bits per heavy atom. The summed E-state index contributed by atoms with van der Waals surface area (Å²) in [6.07, 6.45) is 0. The molecule has 0 unspecified atom stereocenters. The van der Waals surface area contributed by atoms with Gasteiger partial charge in [-0.25, -0.2) is 4.98 Å². The Hall–Kier alpha value is -3.83. The van der Waals surface area contributed by atoms with Crippen LogP contribution >= 0.6 is 0 Å². The summed E-state index contributed by atoms with van der Waals surface area (Å²) in [6, 6.07) is 18.0. The van der Waals surface area contributed by atoms with E-state index in [0.717, 1.165) is 5.39 Å². The van der Waals surface area contributed by atoms with E-state index in [1.807, 2.05) is 42.5 Å². The number of oxazole rings is 1. The highest BCUT2D eigenvalue weighted by atomic mass is 16.3. The molecule has 0 fully saturated rings. The monoisotopic (exact) mass is 311 g/mol. The van der Waals surface area contributed by atoms with Gasteiger partial charge in [0, 0.05) is 11.5 Å². The number of rotatable bonds is 1. The summed E-state index contributed by atoms with van der Waals surface area (Å²) in [7, 11) is 0. The lowest BCUT2D eigenvalue weighted by Crippen LogP contribution is -1.83. The van der Waals surface area contributed by atoms with Gasteiger partial charge in [-0.1, -0.05) is 30.3 Å². The molecule has 0 spiro atoms. The van der Waals surface area contributed by atoms with Crippen LogP contribution in [0.3, 0.4) is 0 Å². The Balaban J connectivity index is 1.96. The lowest BCUT2D eigenvalue weighted by Gasteiger charge is -2.04. The van der Waals surface area contributed by atoms with Crippen molar-refractivity contribution in [1.82, 2.24) is 4.98 Å². The maximum Gasteiger partial charge on any atom is 0.231 e. The first-order valence-electron chi connectivity index (χ1n) is 7.17. The van der Waals surface area contributed by atoms with Crippen molar-refractivity contribution in [1.29, 1.82) is 10.5 Å². The number of hydrogen-bond acceptors (Lipinski definition) is 5. The fourth-order valence-electron chi connectivity index (χ4n) is 2.70. The molecule has 3 aromatic carbocycles. The molecule has 0 aliphatic heterocycles. The summed E-state index contributed by atoms with van der Waals surface area (Å²) in [5.74, 6) is 0.327. The summed E-state index contributed by atoms with van der Waals surface area (Å²) in [6.45, 7) is 0. The molecule has 24 heavy (non-hydrogen) atoms. The van der Waals surface area contributed by atoms with Crippen LogP contribution in [0.2, 0.25) is 0 Å². The van der Waals surface area contributed by atoms with Crippen LogP contribution in [0.15, 0.2) is 52.9 Å². The van der Waals surface area contributed by atoms with Gasteiger partial charge in [-0.05, 0) is 17.5 Å². The first kappa shape index (κ1) is 13.8. The molecule has 5 nitrogen and oxygen atoms in total. The summed E-state index contributed by atoms with van der Waals surface area (Å²) in [5.41, 5.74) is 1.80. The second-order valence-corrected chi connectivity index (χ2v) is 5.29. The van der Waals surface area contributed by atoms with Gasteiger partial charge in [0.1, 0.15) is 23.4 Å². The Kier molecular flexibility index (Phi) is 2.94. The van der Waals surface area contributed by atoms with Gasteiger partial charge >= 0.3 is 0 Å². The Bertz CT molecular complexity index is 1140. The number of benzene rings is 3. The van der Waals surface area contributed by atoms with Crippen LogP contribution in [-0.2, 0) is 0 Å². The SMILES string of the molecule is N#Cc1cc2nc(-c3ccc4ccccc4c3O)oc2cc1C#N. The van der Waals surface area contributed by atoms with Gasteiger partial charge in [-0.15, -0.1) is 0 Å². The minimum atomic E-state index is 0.0840. The molecule has 0 saturated carbocycles. The van der Waals surface area contributed by atoms with Gasteiger partial charge in [-0.3, -0.25) is 0 Å². The minimum Gasteiger partial charge on any atom is -0.506 e. The summed E-state index contributed by atoms with van der Waals surface area (Å²) in [5, 5.41) is 30.3. The number of nitriles is 2. The zero-order valence-corrected chi connectivity index (χ0v) is 12.3. The standard InChI is InChI=1S/C19H9N3O2/c20-9-12-7-16-17(8-13(12)10-21)24-19(22-16)15-6-5-11-3-1-2-4-14(11)18(15)23/h1-8,23H. The summed E-state index contributed by atoms with van der Waals surface area (Å²) < 4.78 is 5.69. The molecule has 0 saturated heterocycles. The van der Waals surface area contributed by atoms with Crippen molar-refractivity contribution in [3.8, 4) is 29.3 Å². The molecule has 0 bridgehead atoms. The largest absolute Gasteiger partial charge is 0.506 e. The molecule has 0 radical (unpaired) electrons. The van der Waals surface area contributed by atoms with Crippen molar-refractivity contribution in [2.24, 2.45) is 0 Å². The zero-order valence-electron chi connectivity index (χ0n) is 12.3. The van der Waals surface area contributed by atoms with Crippen molar-refractivity contribution in [3.05, 3.63) is 59.7 Å². The maximum absolute atomic E-state index is 10.5. The Morgan fingerprint density at radius 2 is 1.71 bits per heavy atom. The molecule has 1 heterocycles. The van der Waals surface area contributed by atoms with Gasteiger partial charge < -0.3 is 9.52 Å². The molecule has 0 amide bonds. The predicted molar refractivity (Wildman–Crippen MR) is 88.0 cm³/mol. The molecular weight excluding hydrogens is 302 g/mol. The fraction of sp³-hybridized carbons (Fsp3) is 0. The highest BCUT2D eigenvalue weighted by Gasteiger charge is 2.16. The third-order valence-electron chi connectivity index (χ3n) is 3.90. The molecule has 0 aliphatic carbocycles. The molecule has 1 aromatic heterocycles. The van der Waals surface area contributed by atoms with Gasteiger partial charge in [0.25, 0.3) is 0 Å². The van der Waals surface area contributed by atoms with Crippen LogP contribution in [0.4, 0.5) is 0 Å². The molecule has 4 aromatic rings. The predicted octanol–water partition coefficient (Wildman–Crippen LogP) is 4.10. The molecule has 1 N–H and O–H groups in total. The topological polar surface area (TPSA) is 93.8 Å². The van der Waals surface area contributed by atoms with Gasteiger partial charge in [0.15, 0.2) is 5.58 Å². The first-order valence-corrected chi connectivity index (χ1v) is 7.17. The van der Waals surface area contributed by atoms with Crippen molar-refractivity contribution >= 4 is 21.9 Å². The number of nitrogens with zero attached hydrogens (tertiary/aromatic N) is 3. The van der Waals surface area contributed by atoms with Crippen LogP contribution in [-0.4, -0.2) is 10.1 Å². The number of aromatic hydroxyl groups is 1. The average molecular weight is 311 g/mol. The van der Waals surface area contributed by atoms with Crippen molar-refractivity contribution < 1.29 is 9.52 Å². The van der Waals surface area contributed by atoms with Crippen LogP contribution < -0.4 is 0 Å². The molecule has 112 valence electrons. The van der Waals surface area contributed by atoms with E-state index >= 15 is 0 Å². The van der Waals surface area contributed by atoms with Gasteiger partial charge in [0.2, 0.25) is 5.89 Å². The lowest BCUT2D eigenvalue weighted by atomic mass is 10.1. The highest BCUT2D eigenvalue weighted by Crippen LogP contribution is 2.36. The normalized spacial score (nSPS) is 10.6. The quantitative estimate of drug-likeness (QED) is 0.571. The maximum atomic E-state index is 10.5. The van der Waals surface area contributed by atoms with Crippen LogP contribution in [0, 0.1) is 22.7 Å². The van der Waals surface area contributed by atoms with Crippen molar-refractivity contribution in [2.45, 2.75) is 0 Å². The second-order valence-electron chi connectivity index (χ2n) is 5.29. The number of phenolic OH excluding ortho intramolecular Hbond substituents is 1. The van der Waals surface area contributed by atoms with E-state index in [1.165, 1.54) is 12.1 Å². The average Bonchev–Trinajstić information content (AvgIpc) is 3.03. The fourth-order valence-corrected chi connectivity index (χ4v) is 2.70. The third-order valence-corrected chi connectivity index (χ3v) is 3.90. The van der Waals surface area contributed by atoms with E-state index in [9.17, 15) is 5.11 Å². The Morgan fingerprint density at radius 1 is 0.958 bits per heavy atom. The van der Waals surface area contributed by atoms with Crippen molar-refractivity contribution in [3.63, 3.8) is 0 Å². The number of aromatic nitrogens is 1. The smallest absolute Gasteiger partial charge is 0.231 e. The lowest BCUT2D eigenvalue weighted by molar-refractivity contribution is 0.480. The van der Waals surface area contributed by atoms with E-state index in [4.69, 9.17) is 14.9 Å². The van der Waals surface area contributed by atoms with Crippen molar-refractivity contribution in [2.75, 3.05) is 0 Å². The van der Waals surface area contributed by atoms with Crippen LogP contribution in [0.25, 0.3) is 33.3 Å². The molecular formula is C19H9N3O2. The van der Waals surface area contributed by atoms with E-state index in [1.54, 1.807) is 6.07 Å². The second kappa shape index (κ2) is 5.12. The van der Waals surface area contributed by atoms with E-state index in [-0.39, 0.29) is 22.8 Å². The molecule has 4 rings (SSSR count). The third kappa shape index (κ3) is 1.97. The molecule has 0 atom stereocenters. The number of fused-ring (bicyclic) bond motifs is 2. The number of hydrogen-bond donors (Lipinski definition) is 1. The van der Waals surface area contributed by atoms with E-state index in [2.05, 4.69) is 4.98 Å². The van der Waals surface area contributed by atoms with E-state index in [0.29, 0.717) is 22.0 Å². The van der Waals surface area contributed by atoms with Gasteiger partial charge in [0.05, 0.1) is 16.7 Å².